The van der Waals surface area contributed by atoms with Crippen molar-refractivity contribution >= 4 is 5.91 Å². The molecule has 0 aliphatic carbocycles. The third-order valence-electron chi connectivity index (χ3n) is 3.90. The Bertz CT molecular complexity index is 770. The zero-order valence-electron chi connectivity index (χ0n) is 14.1. The van der Waals surface area contributed by atoms with Gasteiger partial charge in [0.25, 0.3) is 11.5 Å². The zero-order chi connectivity index (χ0) is 18.2. The average Bonchev–Trinajstić information content (AvgIpc) is 2.61. The first kappa shape index (κ1) is 18.8. The van der Waals surface area contributed by atoms with Crippen LogP contribution in [0.5, 0.6) is 0 Å². The standard InChI is InChI=1S/C18H22FN3O3/c1-2-5-13(10-11-23)12-20-18(25)15-8-9-17(24)22(21-15)16-7-4-3-6-14(16)19/h3-4,6-9,13,23H,2,5,10-12H2,1H3,(H,20,25). The van der Waals surface area contributed by atoms with Crippen LogP contribution in [0, 0.1) is 11.7 Å². The predicted octanol–water partition coefficient (Wildman–Crippen LogP) is 1.90. The first-order valence-electron chi connectivity index (χ1n) is 8.31. The molecule has 0 bridgehead atoms. The fourth-order valence-corrected chi connectivity index (χ4v) is 2.60. The van der Waals surface area contributed by atoms with Crippen LogP contribution in [0.15, 0.2) is 41.2 Å². The highest BCUT2D eigenvalue weighted by Crippen LogP contribution is 2.11. The Morgan fingerprint density at radius 2 is 2.04 bits per heavy atom. The van der Waals surface area contributed by atoms with Crippen LogP contribution in [0.2, 0.25) is 0 Å². The van der Waals surface area contributed by atoms with Crippen molar-refractivity contribution in [3.63, 3.8) is 0 Å². The summed E-state index contributed by atoms with van der Waals surface area (Å²) in [5, 5.41) is 15.8. The molecule has 2 rings (SSSR count). The molecule has 0 spiro atoms. The molecular formula is C18H22FN3O3. The van der Waals surface area contributed by atoms with Crippen molar-refractivity contribution in [1.82, 2.24) is 15.1 Å². The average molecular weight is 347 g/mol. The van der Waals surface area contributed by atoms with Crippen LogP contribution in [0.25, 0.3) is 5.69 Å². The molecule has 0 fully saturated rings. The second-order valence-electron chi connectivity index (χ2n) is 5.80. The Balaban J connectivity index is 2.17. The first-order valence-corrected chi connectivity index (χ1v) is 8.31. The van der Waals surface area contributed by atoms with E-state index in [1.165, 1.54) is 30.3 Å². The number of rotatable bonds is 8. The molecule has 1 unspecified atom stereocenters. The summed E-state index contributed by atoms with van der Waals surface area (Å²) < 4.78 is 14.8. The van der Waals surface area contributed by atoms with Crippen molar-refractivity contribution in [3.05, 3.63) is 58.3 Å². The lowest BCUT2D eigenvalue weighted by molar-refractivity contribution is 0.0936. The minimum absolute atomic E-state index is 0.00806. The number of hydrogen-bond donors (Lipinski definition) is 2. The molecule has 1 heterocycles. The van der Waals surface area contributed by atoms with Crippen LogP contribution in [-0.4, -0.2) is 33.9 Å². The molecule has 1 aromatic carbocycles. The summed E-state index contributed by atoms with van der Waals surface area (Å²) in [7, 11) is 0. The van der Waals surface area contributed by atoms with E-state index in [-0.39, 0.29) is 23.9 Å². The number of aliphatic hydroxyl groups is 1. The molecule has 25 heavy (non-hydrogen) atoms. The summed E-state index contributed by atoms with van der Waals surface area (Å²) in [6, 6.07) is 8.24. The van der Waals surface area contributed by atoms with Gasteiger partial charge in [-0.3, -0.25) is 9.59 Å². The number of amides is 1. The van der Waals surface area contributed by atoms with Gasteiger partial charge in [0.1, 0.15) is 17.2 Å². The summed E-state index contributed by atoms with van der Waals surface area (Å²) in [6.07, 6.45) is 2.45. The zero-order valence-corrected chi connectivity index (χ0v) is 14.1. The molecule has 0 aliphatic rings. The molecule has 2 N–H and O–H groups in total. The Morgan fingerprint density at radius 3 is 2.72 bits per heavy atom. The van der Waals surface area contributed by atoms with E-state index in [9.17, 15) is 14.0 Å². The van der Waals surface area contributed by atoms with Crippen molar-refractivity contribution in [2.24, 2.45) is 5.92 Å². The summed E-state index contributed by atoms with van der Waals surface area (Å²) in [5.74, 6) is -0.860. The Kier molecular flexibility index (Phi) is 6.82. The van der Waals surface area contributed by atoms with Gasteiger partial charge in [-0.05, 0) is 37.0 Å². The second kappa shape index (κ2) is 9.08. The summed E-state index contributed by atoms with van der Waals surface area (Å²) in [6.45, 7) is 2.52. The van der Waals surface area contributed by atoms with Gasteiger partial charge in [-0.25, -0.2) is 4.39 Å². The van der Waals surface area contributed by atoms with Gasteiger partial charge in [0.05, 0.1) is 0 Å². The van der Waals surface area contributed by atoms with Crippen LogP contribution in [0.4, 0.5) is 4.39 Å². The minimum atomic E-state index is -0.597. The fourth-order valence-electron chi connectivity index (χ4n) is 2.60. The first-order chi connectivity index (χ1) is 12.1. The minimum Gasteiger partial charge on any atom is -0.396 e. The number of benzene rings is 1. The van der Waals surface area contributed by atoms with Crippen molar-refractivity contribution in [2.45, 2.75) is 26.2 Å². The lowest BCUT2D eigenvalue weighted by atomic mass is 10.0. The molecule has 1 amide bonds. The van der Waals surface area contributed by atoms with Crippen LogP contribution >= 0.6 is 0 Å². The number of nitrogens with one attached hydrogen (secondary N) is 1. The van der Waals surface area contributed by atoms with E-state index in [2.05, 4.69) is 10.4 Å². The van der Waals surface area contributed by atoms with Gasteiger partial charge in [0.2, 0.25) is 0 Å². The number of carbonyl (C=O) groups excluding carboxylic acids is 1. The Labute approximate surface area is 145 Å². The van der Waals surface area contributed by atoms with Crippen molar-refractivity contribution < 1.29 is 14.3 Å². The van der Waals surface area contributed by atoms with Gasteiger partial charge in [-0.1, -0.05) is 25.5 Å². The lowest BCUT2D eigenvalue weighted by Gasteiger charge is -2.15. The number of carbonyl (C=O) groups is 1. The maximum absolute atomic E-state index is 13.9. The van der Waals surface area contributed by atoms with E-state index < -0.39 is 17.3 Å². The number of halogens is 1. The van der Waals surface area contributed by atoms with Gasteiger partial charge >= 0.3 is 0 Å². The molecule has 0 saturated heterocycles. The van der Waals surface area contributed by atoms with E-state index in [1.807, 2.05) is 6.92 Å². The third-order valence-corrected chi connectivity index (χ3v) is 3.90. The molecule has 134 valence electrons. The normalized spacial score (nSPS) is 12.0. The van der Waals surface area contributed by atoms with Gasteiger partial charge in [0, 0.05) is 19.2 Å². The van der Waals surface area contributed by atoms with Gasteiger partial charge in [0.15, 0.2) is 0 Å². The largest absolute Gasteiger partial charge is 0.396 e. The van der Waals surface area contributed by atoms with E-state index in [1.54, 1.807) is 6.07 Å². The van der Waals surface area contributed by atoms with Crippen molar-refractivity contribution in [3.8, 4) is 5.69 Å². The quantitative estimate of drug-likeness (QED) is 0.764. The molecule has 0 saturated carbocycles. The molecule has 7 heteroatoms. The number of aromatic nitrogens is 2. The van der Waals surface area contributed by atoms with Gasteiger partial charge in [-0.15, -0.1) is 0 Å². The number of aliphatic hydroxyl groups excluding tert-OH is 1. The van der Waals surface area contributed by atoms with E-state index in [0.717, 1.165) is 17.5 Å². The highest BCUT2D eigenvalue weighted by molar-refractivity contribution is 5.92. The maximum atomic E-state index is 13.9. The molecule has 2 aromatic rings. The number of nitrogens with zero attached hydrogens (tertiary/aromatic N) is 2. The Hall–Kier alpha value is -2.54. The topological polar surface area (TPSA) is 84.2 Å². The fraction of sp³-hybridized carbons (Fsp3) is 0.389. The van der Waals surface area contributed by atoms with Gasteiger partial charge < -0.3 is 10.4 Å². The smallest absolute Gasteiger partial charge is 0.271 e. The van der Waals surface area contributed by atoms with Crippen molar-refractivity contribution in [1.29, 1.82) is 0 Å². The highest BCUT2D eigenvalue weighted by atomic mass is 19.1. The molecule has 0 radical (unpaired) electrons. The lowest BCUT2D eigenvalue weighted by Crippen LogP contribution is -2.32. The highest BCUT2D eigenvalue weighted by Gasteiger charge is 2.14. The third kappa shape index (κ3) is 4.96. The molecule has 1 atom stereocenters. The second-order valence-corrected chi connectivity index (χ2v) is 5.80. The van der Waals surface area contributed by atoms with Gasteiger partial charge in [-0.2, -0.15) is 9.78 Å². The predicted molar refractivity (Wildman–Crippen MR) is 92.2 cm³/mol. The summed E-state index contributed by atoms with van der Waals surface area (Å²) >= 11 is 0. The van der Waals surface area contributed by atoms with Crippen molar-refractivity contribution in [2.75, 3.05) is 13.2 Å². The molecule has 6 nitrogen and oxygen atoms in total. The monoisotopic (exact) mass is 347 g/mol. The van der Waals surface area contributed by atoms with E-state index in [0.29, 0.717) is 13.0 Å². The van der Waals surface area contributed by atoms with Crippen LogP contribution in [0.3, 0.4) is 0 Å². The molecule has 0 aliphatic heterocycles. The number of para-hydroxylation sites is 1. The molecule has 1 aromatic heterocycles. The SMILES string of the molecule is CCCC(CCO)CNC(=O)c1ccc(=O)n(-c2ccccc2F)n1. The maximum Gasteiger partial charge on any atom is 0.271 e. The summed E-state index contributed by atoms with van der Waals surface area (Å²) in [4.78, 5) is 24.2. The van der Waals surface area contributed by atoms with Crippen LogP contribution in [0.1, 0.15) is 36.7 Å². The summed E-state index contributed by atoms with van der Waals surface area (Å²) in [5.41, 5.74) is -0.501. The van der Waals surface area contributed by atoms with Crippen LogP contribution in [-0.2, 0) is 0 Å². The van der Waals surface area contributed by atoms with E-state index >= 15 is 0 Å². The van der Waals surface area contributed by atoms with E-state index in [4.69, 9.17) is 5.11 Å². The van der Waals surface area contributed by atoms with Crippen LogP contribution < -0.4 is 10.9 Å². The Morgan fingerprint density at radius 1 is 1.28 bits per heavy atom. The molecular weight excluding hydrogens is 325 g/mol. The number of hydrogen-bond acceptors (Lipinski definition) is 4.